The van der Waals surface area contributed by atoms with Crippen LogP contribution in [0.4, 0.5) is 25.8 Å². The van der Waals surface area contributed by atoms with Gasteiger partial charge in [-0.25, -0.2) is 28.9 Å². The molecule has 0 aliphatic carbocycles. The number of rotatable bonds is 9. The average molecular weight is 866 g/mol. The lowest BCUT2D eigenvalue weighted by Crippen LogP contribution is -2.49. The molecule has 0 saturated heterocycles. The van der Waals surface area contributed by atoms with Gasteiger partial charge in [0.05, 0.1) is 27.5 Å². The molecule has 0 spiro atoms. The normalized spacial score (nSPS) is 11.7. The van der Waals surface area contributed by atoms with Gasteiger partial charge >= 0.3 is 36.1 Å². The first-order chi connectivity index (χ1) is 27.9. The van der Waals surface area contributed by atoms with Gasteiger partial charge in [0.1, 0.15) is 34.7 Å². The highest BCUT2D eigenvalue weighted by molar-refractivity contribution is 6.34. The Morgan fingerprint density at radius 1 is 0.672 bits per heavy atom. The minimum absolute atomic E-state index is 0.0321. The highest BCUT2D eigenvalue weighted by atomic mass is 35.5. The van der Waals surface area contributed by atoms with E-state index in [1.165, 1.54) is 59.3 Å². The van der Waals surface area contributed by atoms with E-state index in [9.17, 15) is 28.8 Å². The molecule has 0 radical (unpaired) electrons. The second kappa shape index (κ2) is 19.5. The van der Waals surface area contributed by atoms with Gasteiger partial charge in [-0.1, -0.05) is 23.7 Å². The van der Waals surface area contributed by atoms with Crippen LogP contribution in [0.3, 0.4) is 0 Å². The van der Waals surface area contributed by atoms with Crippen LogP contribution in [0.2, 0.25) is 5.02 Å². The molecule has 17 heteroatoms. The zero-order valence-corrected chi connectivity index (χ0v) is 37.7. The monoisotopic (exact) mass is 865 g/mol. The molecule has 0 bridgehead atoms. The van der Waals surface area contributed by atoms with Crippen LogP contribution < -0.4 is 19.9 Å². The number of nitrogens with one attached hydrogen (secondary N) is 2. The zero-order chi connectivity index (χ0) is 46.2. The van der Waals surface area contributed by atoms with Crippen molar-refractivity contribution in [2.45, 2.75) is 112 Å². The van der Waals surface area contributed by atoms with E-state index in [0.29, 0.717) is 5.56 Å². The minimum atomic E-state index is -0.970. The first-order valence-electron chi connectivity index (χ1n) is 19.2. The molecular formula is C44H56ClN5O11. The molecule has 0 fully saturated rings. The lowest BCUT2D eigenvalue weighted by molar-refractivity contribution is -0.155. The van der Waals surface area contributed by atoms with Crippen molar-refractivity contribution in [2.75, 3.05) is 23.4 Å². The van der Waals surface area contributed by atoms with Crippen LogP contribution >= 0.6 is 11.6 Å². The molecule has 61 heavy (non-hydrogen) atoms. The number of benzene rings is 3. The minimum Gasteiger partial charge on any atom is -0.459 e. The molecule has 0 unspecified atom stereocenters. The van der Waals surface area contributed by atoms with E-state index in [2.05, 4.69) is 5.32 Å². The fraction of sp³-hybridized carbons (Fsp3) is 0.432. The topological polar surface area (TPSA) is 194 Å². The van der Waals surface area contributed by atoms with Gasteiger partial charge in [-0.2, -0.15) is 0 Å². The van der Waals surface area contributed by atoms with Crippen LogP contribution in [-0.2, 0) is 30.3 Å². The Labute approximate surface area is 361 Å². The summed E-state index contributed by atoms with van der Waals surface area (Å²) in [5, 5.41) is 10.7. The molecular weight excluding hydrogens is 810 g/mol. The van der Waals surface area contributed by atoms with Crippen molar-refractivity contribution in [2.24, 2.45) is 0 Å². The first kappa shape index (κ1) is 49.2. The third-order valence-electron chi connectivity index (χ3n) is 7.50. The lowest BCUT2D eigenvalue weighted by Gasteiger charge is -2.29. The molecule has 4 amide bonds. The van der Waals surface area contributed by atoms with Gasteiger partial charge in [0.15, 0.2) is 0 Å². The second-order valence-electron chi connectivity index (χ2n) is 17.8. The number of alkyl carbamates (subject to hydrolysis) is 1. The van der Waals surface area contributed by atoms with Gasteiger partial charge in [-0.3, -0.25) is 20.4 Å². The number of hydrogen-bond acceptors (Lipinski definition) is 12. The molecule has 2 N–H and O–H groups in total. The number of nitrogens with zero attached hydrogens (tertiary/aromatic N) is 3. The van der Waals surface area contributed by atoms with Gasteiger partial charge < -0.3 is 28.6 Å². The van der Waals surface area contributed by atoms with Gasteiger partial charge in [-0.15, -0.1) is 0 Å². The number of amides is 4. The third-order valence-corrected chi connectivity index (χ3v) is 7.81. The van der Waals surface area contributed by atoms with Crippen molar-refractivity contribution in [1.82, 2.24) is 10.2 Å². The number of ether oxygens (including phenoxy) is 5. The number of halogens is 1. The van der Waals surface area contributed by atoms with Crippen LogP contribution in [0.25, 0.3) is 0 Å². The van der Waals surface area contributed by atoms with E-state index in [0.717, 1.165) is 4.90 Å². The van der Waals surface area contributed by atoms with Crippen LogP contribution in [0.15, 0.2) is 66.7 Å². The Hall–Kier alpha value is -6.16. The number of hydrogen-bond donors (Lipinski definition) is 2. The van der Waals surface area contributed by atoms with Crippen molar-refractivity contribution in [3.63, 3.8) is 0 Å². The average Bonchev–Trinajstić information content (AvgIpc) is 3.08. The fourth-order valence-electron chi connectivity index (χ4n) is 5.22. The highest BCUT2D eigenvalue weighted by Gasteiger charge is 2.30. The maximum atomic E-state index is 14.0. The summed E-state index contributed by atoms with van der Waals surface area (Å²) in [6.07, 6.45) is -1.94. The number of guanidine groups is 1. The lowest BCUT2D eigenvalue weighted by atomic mass is 10.1. The van der Waals surface area contributed by atoms with E-state index in [-0.39, 0.29) is 39.8 Å². The van der Waals surface area contributed by atoms with Crippen LogP contribution in [0, 0.1) is 5.41 Å². The Balaban J connectivity index is 1.83. The van der Waals surface area contributed by atoms with E-state index < -0.39 is 71.0 Å². The predicted molar refractivity (Wildman–Crippen MR) is 230 cm³/mol. The molecule has 0 aliphatic heterocycles. The summed E-state index contributed by atoms with van der Waals surface area (Å²) in [5.74, 6) is -2.63. The van der Waals surface area contributed by atoms with Crippen LogP contribution in [0.5, 0.6) is 5.75 Å². The maximum absolute atomic E-state index is 14.0. The number of anilines is 2. The van der Waals surface area contributed by atoms with Crippen LogP contribution in [-0.4, -0.2) is 83.0 Å². The highest BCUT2D eigenvalue weighted by Crippen LogP contribution is 2.31. The summed E-state index contributed by atoms with van der Waals surface area (Å²) in [4.78, 5) is 81.9. The van der Waals surface area contributed by atoms with E-state index in [1.807, 2.05) is 0 Å². The molecule has 330 valence electrons. The van der Waals surface area contributed by atoms with Crippen molar-refractivity contribution in [3.05, 3.63) is 88.4 Å². The molecule has 3 aromatic rings. The largest absolute Gasteiger partial charge is 0.459 e. The summed E-state index contributed by atoms with van der Waals surface area (Å²) in [5.41, 5.74) is -2.18. The molecule has 3 aromatic carbocycles. The van der Waals surface area contributed by atoms with Crippen LogP contribution in [0.1, 0.15) is 109 Å². The first-order valence-corrected chi connectivity index (χ1v) is 19.6. The molecule has 0 aromatic heterocycles. The molecule has 0 saturated carbocycles. The summed E-state index contributed by atoms with van der Waals surface area (Å²) in [7, 11) is 1.46. The van der Waals surface area contributed by atoms with E-state index in [4.69, 9.17) is 40.7 Å². The zero-order valence-electron chi connectivity index (χ0n) is 37.0. The molecule has 0 heterocycles. The molecule has 0 aliphatic rings. The van der Waals surface area contributed by atoms with Gasteiger partial charge in [0, 0.05) is 19.7 Å². The summed E-state index contributed by atoms with van der Waals surface area (Å²) in [6, 6.07) is 15.5. The van der Waals surface area contributed by atoms with E-state index in [1.54, 1.807) is 107 Å². The van der Waals surface area contributed by atoms with Crippen molar-refractivity contribution < 1.29 is 52.5 Å². The Morgan fingerprint density at radius 3 is 1.79 bits per heavy atom. The van der Waals surface area contributed by atoms with Crippen molar-refractivity contribution >= 4 is 65.1 Å². The molecule has 16 nitrogen and oxygen atoms in total. The predicted octanol–water partition coefficient (Wildman–Crippen LogP) is 9.12. The summed E-state index contributed by atoms with van der Waals surface area (Å²) >= 11 is 6.64. The number of esters is 3. The summed E-state index contributed by atoms with van der Waals surface area (Å²) < 4.78 is 27.2. The Kier molecular flexibility index (Phi) is 15.7. The molecule has 0 atom stereocenters. The molecule has 3 rings (SSSR count). The Bertz CT molecular complexity index is 2130. The number of carbonyl (C=O) groups is 6. The fourth-order valence-corrected chi connectivity index (χ4v) is 5.51. The van der Waals surface area contributed by atoms with Gasteiger partial charge in [-0.05, 0) is 137 Å². The summed E-state index contributed by atoms with van der Waals surface area (Å²) in [6.45, 7) is 19.7. The van der Waals surface area contributed by atoms with Gasteiger partial charge in [0.25, 0.3) is 0 Å². The van der Waals surface area contributed by atoms with Crippen molar-refractivity contribution in [3.8, 4) is 5.75 Å². The van der Waals surface area contributed by atoms with Gasteiger partial charge in [0.2, 0.25) is 5.96 Å². The maximum Gasteiger partial charge on any atom is 0.421 e. The quantitative estimate of drug-likeness (QED) is 0.0685. The van der Waals surface area contributed by atoms with E-state index >= 15 is 0 Å². The SMILES string of the molecule is CN(C(=O)N(CC(=O)OC(C)(C)C)Cc1cccc(C(=O)OC(C)(C)C)c1)c1ccc(OC(=O)c2ccc(N(C(=N)NC(=O)OC(C)(C)C)C(=O)OC(C)(C)C)cc2)cc1Cl. The number of urea groups is 1. The second-order valence-corrected chi connectivity index (χ2v) is 18.2. The number of carbonyl (C=O) groups excluding carboxylic acids is 6. The third kappa shape index (κ3) is 16.1. The standard InChI is InChI=1S/C44H56ClN5O11/c1-41(2,3)58-34(51)26-49(25-27-15-14-16-29(23-27)36(53)59-42(4,5)6)39(55)48(13)33-22-21-31(24-32(33)45)57-35(52)28-17-19-30(20-18-28)50(40(56)61-44(10,11)12)37(46)47-38(54)60-43(7,8)9/h14-24H,25-26H2,1-13H3,(H2,46,47,54). The van der Waals surface area contributed by atoms with Crippen molar-refractivity contribution in [1.29, 1.82) is 5.41 Å². The smallest absolute Gasteiger partial charge is 0.421 e. The Morgan fingerprint density at radius 2 is 1.25 bits per heavy atom.